The van der Waals surface area contributed by atoms with Gasteiger partial charge in [-0.1, -0.05) is 13.8 Å². The highest BCUT2D eigenvalue weighted by Crippen LogP contribution is 2.70. The molecule has 25 atom stereocenters. The first-order valence-corrected chi connectivity index (χ1v) is 25.2. The highest BCUT2D eigenvalue weighted by atomic mass is 16.8. The summed E-state index contributed by atoms with van der Waals surface area (Å²) in [5.41, 5.74) is 0.0925. The van der Waals surface area contributed by atoms with E-state index in [1.54, 1.807) is 19.9 Å². The van der Waals surface area contributed by atoms with Gasteiger partial charge in [0.2, 0.25) is 0 Å². The minimum absolute atomic E-state index is 0.0126. The van der Waals surface area contributed by atoms with E-state index in [1.165, 1.54) is 6.92 Å². The van der Waals surface area contributed by atoms with E-state index in [9.17, 15) is 45.3 Å². The summed E-state index contributed by atoms with van der Waals surface area (Å²) in [5, 5.41) is 76.1. The van der Waals surface area contributed by atoms with Crippen LogP contribution in [0, 0.1) is 34.5 Å². The zero-order valence-corrected chi connectivity index (χ0v) is 40.2. The molecule has 0 aromatic carbocycles. The van der Waals surface area contributed by atoms with Gasteiger partial charge in [-0.2, -0.15) is 0 Å². The summed E-state index contributed by atoms with van der Waals surface area (Å²) in [6.45, 7) is 10.8. The van der Waals surface area contributed by atoms with Crippen LogP contribution in [0.4, 0.5) is 0 Å². The molecule has 9 rings (SSSR count). The van der Waals surface area contributed by atoms with Crippen LogP contribution in [0.5, 0.6) is 0 Å². The molecule has 5 heterocycles. The monoisotopic (exact) mass is 968 g/mol. The van der Waals surface area contributed by atoms with Crippen molar-refractivity contribution < 1.29 is 92.7 Å². The van der Waals surface area contributed by atoms with Crippen molar-refractivity contribution in [1.82, 2.24) is 0 Å². The molecule has 9 aliphatic rings. The fraction of sp³-hybridized carbons (Fsp3) is 0.918. The molecule has 4 saturated heterocycles. The van der Waals surface area contributed by atoms with Gasteiger partial charge in [-0.15, -0.1) is 0 Å². The molecule has 0 radical (unpaired) electrons. The molecule has 386 valence electrons. The van der Waals surface area contributed by atoms with Crippen molar-refractivity contribution in [1.29, 1.82) is 0 Å². The first-order valence-electron chi connectivity index (χ1n) is 25.2. The lowest BCUT2D eigenvalue weighted by Crippen LogP contribution is -2.62. The maximum absolute atomic E-state index is 12.6. The molecule has 68 heavy (non-hydrogen) atoms. The Kier molecular flexibility index (Phi) is 14.9. The van der Waals surface area contributed by atoms with Crippen LogP contribution in [0.25, 0.3) is 0 Å². The van der Waals surface area contributed by atoms with Crippen molar-refractivity contribution in [3.63, 3.8) is 0 Å². The predicted molar refractivity (Wildman–Crippen MR) is 233 cm³/mol. The maximum atomic E-state index is 12.6. The van der Waals surface area contributed by atoms with Gasteiger partial charge in [0.1, 0.15) is 55.4 Å². The number of carbonyl (C=O) groups is 2. The molecule has 0 aromatic heterocycles. The zero-order chi connectivity index (χ0) is 48.6. The summed E-state index contributed by atoms with van der Waals surface area (Å²) >= 11 is 0. The highest BCUT2D eigenvalue weighted by molar-refractivity contribution is 5.85. The number of fused-ring (bicyclic) bond motifs is 5. The van der Waals surface area contributed by atoms with Gasteiger partial charge >= 0.3 is 11.9 Å². The topological polar surface area (TPSA) is 268 Å². The molecule has 19 heteroatoms. The lowest BCUT2D eigenvalue weighted by atomic mass is 9.43. The van der Waals surface area contributed by atoms with Crippen molar-refractivity contribution in [2.45, 2.75) is 235 Å². The Balaban J connectivity index is 0.746. The molecular weight excluding hydrogens is 893 g/mol. The summed E-state index contributed by atoms with van der Waals surface area (Å²) in [6, 6.07) is 0. The summed E-state index contributed by atoms with van der Waals surface area (Å²) in [6.07, 6.45) is -7.65. The van der Waals surface area contributed by atoms with Crippen molar-refractivity contribution >= 4 is 11.9 Å². The highest BCUT2D eigenvalue weighted by Gasteiger charge is 2.68. The summed E-state index contributed by atoms with van der Waals surface area (Å²) < 4.78 is 60.2. The molecule has 19 nitrogen and oxygen atoms in total. The molecule has 0 spiro atoms. The number of carbonyl (C=O) groups excluding carboxylic acids is 2. The number of aliphatic hydroxyl groups is 7. The van der Waals surface area contributed by atoms with Gasteiger partial charge in [-0.3, -0.25) is 4.79 Å². The van der Waals surface area contributed by atoms with E-state index < -0.39 is 123 Å². The fourth-order valence-corrected chi connectivity index (χ4v) is 14.6. The standard InChI is InChI=1S/C49H76O19/c1-22-43(66-38-18-33(53)44(23(2)61-38)67-39-19-34(63-25(4)51)45(24(3)62-39)68-46-42(57)41(56)40(55)35(20-50)65-46)32(52)17-37(60-22)64-28-9-12-47(5)27(16-28)7-8-31-30(47)10-13-48(6)29(11-14-49(31,48)58)26-15-36(54)59-21-26/h15,22-24,27-35,37-46,50,52-53,55-58H,7-14,16-21H2,1-6H3/t22-,23-,24-,27+,28+,29-,30-,31-,32+,33+,34+,35-,37+,38+,39+,40-,41+,42-,43+,44+,45+,46-,47+,48-,49+/m1/s1. The van der Waals surface area contributed by atoms with Gasteiger partial charge in [0, 0.05) is 37.7 Å². The number of esters is 2. The molecule has 0 unspecified atom stereocenters. The lowest BCUT2D eigenvalue weighted by Gasteiger charge is -2.64. The predicted octanol–water partition coefficient (Wildman–Crippen LogP) is 1.64. The van der Waals surface area contributed by atoms with Crippen molar-refractivity contribution in [2.75, 3.05) is 13.2 Å². The van der Waals surface area contributed by atoms with Crippen LogP contribution in [0.15, 0.2) is 11.6 Å². The normalized spacial score (nSPS) is 52.8. The number of cyclic esters (lactones) is 1. The fourth-order valence-electron chi connectivity index (χ4n) is 14.6. The van der Waals surface area contributed by atoms with Gasteiger partial charge in [-0.25, -0.2) is 4.79 Å². The quantitative estimate of drug-likeness (QED) is 0.115. The summed E-state index contributed by atoms with van der Waals surface area (Å²) in [5.74, 6) is 0.357. The van der Waals surface area contributed by atoms with Crippen molar-refractivity contribution in [2.24, 2.45) is 34.5 Å². The Morgan fingerprint density at radius 1 is 0.706 bits per heavy atom. The molecule has 8 fully saturated rings. The number of ether oxygens (including phenoxy) is 10. The van der Waals surface area contributed by atoms with Crippen LogP contribution in [0.3, 0.4) is 0 Å². The number of rotatable bonds is 11. The molecule has 4 aliphatic carbocycles. The molecule has 4 saturated carbocycles. The van der Waals surface area contributed by atoms with E-state index in [-0.39, 0.29) is 54.0 Å². The van der Waals surface area contributed by atoms with Gasteiger partial charge in [0.15, 0.2) is 25.2 Å². The van der Waals surface area contributed by atoms with E-state index in [1.807, 2.05) is 6.92 Å². The second-order valence-corrected chi connectivity index (χ2v) is 22.1. The molecule has 5 aliphatic heterocycles. The Hall–Kier alpha value is -1.92. The number of aliphatic hydroxyl groups excluding tert-OH is 6. The van der Waals surface area contributed by atoms with Crippen molar-refractivity contribution in [3.8, 4) is 0 Å². The van der Waals surface area contributed by atoms with Crippen LogP contribution >= 0.6 is 0 Å². The Morgan fingerprint density at radius 2 is 1.34 bits per heavy atom. The molecule has 0 aromatic rings. The average molecular weight is 969 g/mol. The maximum Gasteiger partial charge on any atom is 0.331 e. The molecule has 7 N–H and O–H groups in total. The first-order chi connectivity index (χ1) is 32.2. The smallest absolute Gasteiger partial charge is 0.331 e. The second-order valence-electron chi connectivity index (χ2n) is 22.1. The Morgan fingerprint density at radius 3 is 1.94 bits per heavy atom. The van der Waals surface area contributed by atoms with E-state index in [4.69, 9.17) is 47.4 Å². The van der Waals surface area contributed by atoms with Crippen molar-refractivity contribution in [3.05, 3.63) is 11.6 Å². The first kappa shape index (κ1) is 51.0. The largest absolute Gasteiger partial charge is 0.459 e. The SMILES string of the molecule is CC(=O)O[C@H]1C[C@H](O[C@@H]2[C@@H](O)C[C@H](O[C@@H]3[C@@H](O)C[C@H](O[C@H]4CC[C@@]5(C)[C@@H](CC[C@@H]6[C@H]5CC[C@]5(C)[C@@H](C7=CC(=O)OC7)CC[C@]65O)C4)O[C@@H]3C)O[C@@H]2C)O[C@H](C)[C@@H]1O[C@H]1O[C@H](CO)[C@@H](O)[C@H](O)[C@H]1O. The van der Waals surface area contributed by atoms with Crippen LogP contribution in [0.2, 0.25) is 0 Å². The Labute approximate surface area is 398 Å². The number of hydrogen-bond acceptors (Lipinski definition) is 19. The van der Waals surface area contributed by atoms with Gasteiger partial charge in [-0.05, 0) is 113 Å². The van der Waals surface area contributed by atoms with Gasteiger partial charge < -0.3 is 83.1 Å². The lowest BCUT2D eigenvalue weighted by molar-refractivity contribution is -0.355. The van der Waals surface area contributed by atoms with E-state index >= 15 is 0 Å². The molecular formula is C49H76O19. The summed E-state index contributed by atoms with van der Waals surface area (Å²) in [7, 11) is 0. The third kappa shape index (κ3) is 9.36. The third-order valence-electron chi connectivity index (χ3n) is 18.3. The van der Waals surface area contributed by atoms with Crippen LogP contribution < -0.4 is 0 Å². The van der Waals surface area contributed by atoms with E-state index in [0.29, 0.717) is 18.4 Å². The van der Waals surface area contributed by atoms with E-state index in [0.717, 1.165) is 63.4 Å². The van der Waals surface area contributed by atoms with Crippen LogP contribution in [-0.4, -0.2) is 177 Å². The molecule has 0 amide bonds. The van der Waals surface area contributed by atoms with Gasteiger partial charge in [0.25, 0.3) is 0 Å². The van der Waals surface area contributed by atoms with Crippen LogP contribution in [0.1, 0.15) is 119 Å². The minimum atomic E-state index is -1.68. The Bertz CT molecular complexity index is 1810. The average Bonchev–Trinajstić information content (AvgIpc) is 3.83. The summed E-state index contributed by atoms with van der Waals surface area (Å²) in [4.78, 5) is 24.2. The minimum Gasteiger partial charge on any atom is -0.459 e. The second kappa shape index (κ2) is 19.8. The molecule has 0 bridgehead atoms. The number of hydrogen-bond donors (Lipinski definition) is 7. The van der Waals surface area contributed by atoms with Gasteiger partial charge in [0.05, 0.1) is 48.8 Å². The van der Waals surface area contributed by atoms with Crippen LogP contribution in [-0.2, 0) is 57.0 Å². The third-order valence-corrected chi connectivity index (χ3v) is 18.3. The van der Waals surface area contributed by atoms with E-state index in [2.05, 4.69) is 13.8 Å². The zero-order valence-electron chi connectivity index (χ0n) is 40.2.